The molecule has 180 valence electrons. The Morgan fingerprint density at radius 3 is 2.25 bits per heavy atom. The highest BCUT2D eigenvalue weighted by atomic mass is 16.5. The summed E-state index contributed by atoms with van der Waals surface area (Å²) in [7, 11) is 0. The third-order valence-corrected chi connectivity index (χ3v) is 6.68. The SMILES string of the molecule is CCNC(=NCc1ccccc1N1CCOCC1)NCC(C(CC)CC)N1CCOCC1. The summed E-state index contributed by atoms with van der Waals surface area (Å²) in [6.07, 6.45) is 2.39. The van der Waals surface area contributed by atoms with Gasteiger partial charge in [-0.05, 0) is 24.5 Å². The van der Waals surface area contributed by atoms with E-state index < -0.39 is 0 Å². The number of rotatable bonds is 10. The molecule has 0 bridgehead atoms. The Hall–Kier alpha value is -1.83. The summed E-state index contributed by atoms with van der Waals surface area (Å²) in [6.45, 7) is 16.3. The van der Waals surface area contributed by atoms with E-state index in [0.717, 1.165) is 71.7 Å². The minimum Gasteiger partial charge on any atom is -0.379 e. The van der Waals surface area contributed by atoms with Crippen LogP contribution in [0.15, 0.2) is 29.3 Å². The lowest BCUT2D eigenvalue weighted by molar-refractivity contribution is 0.00272. The van der Waals surface area contributed by atoms with Crippen LogP contribution in [0.2, 0.25) is 0 Å². The van der Waals surface area contributed by atoms with Crippen LogP contribution in [0.1, 0.15) is 39.2 Å². The first-order valence-electron chi connectivity index (χ1n) is 12.5. The third kappa shape index (κ3) is 7.09. The zero-order valence-corrected chi connectivity index (χ0v) is 20.3. The van der Waals surface area contributed by atoms with Gasteiger partial charge in [0, 0.05) is 51.0 Å². The summed E-state index contributed by atoms with van der Waals surface area (Å²) in [6, 6.07) is 9.12. The van der Waals surface area contributed by atoms with Gasteiger partial charge in [-0.25, -0.2) is 4.99 Å². The second kappa shape index (κ2) is 13.7. The highest BCUT2D eigenvalue weighted by molar-refractivity contribution is 5.79. The fourth-order valence-corrected chi connectivity index (χ4v) is 4.80. The quantitative estimate of drug-likeness (QED) is 0.427. The van der Waals surface area contributed by atoms with Gasteiger partial charge in [-0.15, -0.1) is 0 Å². The minimum atomic E-state index is 0.499. The van der Waals surface area contributed by atoms with Crippen molar-refractivity contribution in [1.82, 2.24) is 15.5 Å². The molecule has 2 fully saturated rings. The Morgan fingerprint density at radius 1 is 0.938 bits per heavy atom. The number of para-hydroxylation sites is 1. The summed E-state index contributed by atoms with van der Waals surface area (Å²) >= 11 is 0. The standard InChI is InChI=1S/C25H43N5O2/c1-4-21(5-2)24(30-13-17-32-18-14-30)20-28-25(26-6-3)27-19-22-9-7-8-10-23(22)29-11-15-31-16-12-29/h7-10,21,24H,4-6,11-20H2,1-3H3,(H2,26,27,28). The summed E-state index contributed by atoms with van der Waals surface area (Å²) in [5.41, 5.74) is 2.54. The van der Waals surface area contributed by atoms with Gasteiger partial charge in [0.2, 0.25) is 0 Å². The third-order valence-electron chi connectivity index (χ3n) is 6.68. The number of nitrogens with zero attached hydrogens (tertiary/aromatic N) is 3. The number of hydrogen-bond donors (Lipinski definition) is 2. The van der Waals surface area contributed by atoms with Crippen molar-refractivity contribution in [2.24, 2.45) is 10.9 Å². The van der Waals surface area contributed by atoms with Crippen LogP contribution in [0.4, 0.5) is 5.69 Å². The van der Waals surface area contributed by atoms with Crippen molar-refractivity contribution in [3.63, 3.8) is 0 Å². The topological polar surface area (TPSA) is 61.4 Å². The first-order valence-corrected chi connectivity index (χ1v) is 12.5. The van der Waals surface area contributed by atoms with Crippen LogP contribution in [0.3, 0.4) is 0 Å². The lowest BCUT2D eigenvalue weighted by Crippen LogP contribution is -2.53. The van der Waals surface area contributed by atoms with Crippen LogP contribution >= 0.6 is 0 Å². The molecule has 2 saturated heterocycles. The maximum Gasteiger partial charge on any atom is 0.191 e. The highest BCUT2D eigenvalue weighted by Crippen LogP contribution is 2.22. The molecule has 3 rings (SSSR count). The molecule has 2 aliphatic heterocycles. The molecule has 2 heterocycles. The van der Waals surface area contributed by atoms with E-state index in [0.29, 0.717) is 18.5 Å². The minimum absolute atomic E-state index is 0.499. The van der Waals surface area contributed by atoms with Crippen molar-refractivity contribution in [3.8, 4) is 0 Å². The normalized spacial score (nSPS) is 19.2. The van der Waals surface area contributed by atoms with Crippen molar-refractivity contribution < 1.29 is 9.47 Å². The van der Waals surface area contributed by atoms with Crippen molar-refractivity contribution in [3.05, 3.63) is 29.8 Å². The zero-order chi connectivity index (χ0) is 22.6. The number of aliphatic imine (C=N–C) groups is 1. The molecule has 0 saturated carbocycles. The van der Waals surface area contributed by atoms with Gasteiger partial charge in [-0.1, -0.05) is 44.9 Å². The molecular weight excluding hydrogens is 402 g/mol. The van der Waals surface area contributed by atoms with Crippen molar-refractivity contribution >= 4 is 11.6 Å². The molecule has 1 atom stereocenters. The van der Waals surface area contributed by atoms with Gasteiger partial charge in [0.05, 0.1) is 33.0 Å². The van der Waals surface area contributed by atoms with Crippen LogP contribution < -0.4 is 15.5 Å². The highest BCUT2D eigenvalue weighted by Gasteiger charge is 2.27. The van der Waals surface area contributed by atoms with Gasteiger partial charge >= 0.3 is 0 Å². The van der Waals surface area contributed by atoms with Crippen LogP contribution in [0, 0.1) is 5.92 Å². The summed E-state index contributed by atoms with van der Waals surface area (Å²) in [5.74, 6) is 1.57. The van der Waals surface area contributed by atoms with E-state index >= 15 is 0 Å². The zero-order valence-electron chi connectivity index (χ0n) is 20.3. The summed E-state index contributed by atoms with van der Waals surface area (Å²) in [4.78, 5) is 9.98. The van der Waals surface area contributed by atoms with Gasteiger partial charge < -0.3 is 25.0 Å². The first-order chi connectivity index (χ1) is 15.8. The van der Waals surface area contributed by atoms with Crippen LogP contribution in [0.25, 0.3) is 0 Å². The number of nitrogens with one attached hydrogen (secondary N) is 2. The molecule has 0 radical (unpaired) electrons. The number of morpholine rings is 2. The number of benzene rings is 1. The predicted molar refractivity (Wildman–Crippen MR) is 133 cm³/mol. The van der Waals surface area contributed by atoms with Crippen LogP contribution in [0.5, 0.6) is 0 Å². The van der Waals surface area contributed by atoms with Gasteiger partial charge in [-0.3, -0.25) is 4.90 Å². The molecular formula is C25H43N5O2. The molecule has 7 heteroatoms. The smallest absolute Gasteiger partial charge is 0.191 e. The fourth-order valence-electron chi connectivity index (χ4n) is 4.80. The maximum atomic E-state index is 5.60. The van der Waals surface area contributed by atoms with Crippen molar-refractivity contribution in [2.75, 3.05) is 70.6 Å². The Balaban J connectivity index is 1.67. The number of ether oxygens (including phenoxy) is 2. The predicted octanol–water partition coefficient (Wildman–Crippen LogP) is 2.72. The molecule has 0 aromatic heterocycles. The van der Waals surface area contributed by atoms with Gasteiger partial charge in [0.25, 0.3) is 0 Å². The van der Waals surface area contributed by atoms with Gasteiger partial charge in [0.1, 0.15) is 0 Å². The van der Waals surface area contributed by atoms with Crippen molar-refractivity contribution in [2.45, 2.75) is 46.2 Å². The number of anilines is 1. The molecule has 0 amide bonds. The Morgan fingerprint density at radius 2 is 1.59 bits per heavy atom. The molecule has 1 aromatic rings. The van der Waals surface area contributed by atoms with Crippen LogP contribution in [-0.2, 0) is 16.0 Å². The van der Waals surface area contributed by atoms with E-state index in [-0.39, 0.29) is 0 Å². The Kier molecular flexibility index (Phi) is 10.6. The monoisotopic (exact) mass is 445 g/mol. The van der Waals surface area contributed by atoms with E-state index in [4.69, 9.17) is 14.5 Å². The van der Waals surface area contributed by atoms with Gasteiger partial charge in [0.15, 0.2) is 5.96 Å². The molecule has 0 spiro atoms. The Bertz CT molecular complexity index is 683. The lowest BCUT2D eigenvalue weighted by Gasteiger charge is -2.39. The maximum absolute atomic E-state index is 5.60. The molecule has 2 N–H and O–H groups in total. The average molecular weight is 446 g/mol. The molecule has 32 heavy (non-hydrogen) atoms. The summed E-state index contributed by atoms with van der Waals surface area (Å²) < 4.78 is 11.1. The van der Waals surface area contributed by atoms with Gasteiger partial charge in [-0.2, -0.15) is 0 Å². The molecule has 7 nitrogen and oxygen atoms in total. The molecule has 2 aliphatic rings. The average Bonchev–Trinajstić information content (AvgIpc) is 2.86. The number of guanidine groups is 1. The largest absolute Gasteiger partial charge is 0.379 e. The van der Waals surface area contributed by atoms with E-state index in [9.17, 15) is 0 Å². The van der Waals surface area contributed by atoms with Crippen molar-refractivity contribution in [1.29, 1.82) is 0 Å². The Labute approximate surface area is 194 Å². The van der Waals surface area contributed by atoms with Crippen LogP contribution in [-0.4, -0.2) is 82.6 Å². The second-order valence-electron chi connectivity index (χ2n) is 8.60. The number of hydrogen-bond acceptors (Lipinski definition) is 5. The van der Waals surface area contributed by atoms with E-state index in [1.807, 2.05) is 0 Å². The lowest BCUT2D eigenvalue weighted by atomic mass is 9.92. The molecule has 1 unspecified atom stereocenters. The summed E-state index contributed by atoms with van der Waals surface area (Å²) in [5, 5.41) is 7.11. The first kappa shape index (κ1) is 24.8. The molecule has 0 aliphatic carbocycles. The van der Waals surface area contributed by atoms with E-state index in [1.54, 1.807) is 0 Å². The second-order valence-corrected chi connectivity index (χ2v) is 8.60. The van der Waals surface area contributed by atoms with E-state index in [2.05, 4.69) is 65.5 Å². The molecule has 1 aromatic carbocycles. The van der Waals surface area contributed by atoms with E-state index in [1.165, 1.54) is 24.1 Å². The fraction of sp³-hybridized carbons (Fsp3) is 0.720.